The van der Waals surface area contributed by atoms with E-state index in [0.29, 0.717) is 18.0 Å². The maximum Gasteiger partial charge on any atom is 0.0471 e. The van der Waals surface area contributed by atoms with Gasteiger partial charge in [0.15, 0.2) is 0 Å². The maximum atomic E-state index is 9.30. The van der Waals surface area contributed by atoms with Gasteiger partial charge in [0, 0.05) is 24.7 Å². The molecule has 5 unspecified atom stereocenters. The number of aliphatic hydroxyl groups is 1. The van der Waals surface area contributed by atoms with Crippen molar-refractivity contribution in [3.63, 3.8) is 0 Å². The normalized spacial score (nSPS) is 35.8. The predicted octanol–water partition coefficient (Wildman–Crippen LogP) is 2.29. The van der Waals surface area contributed by atoms with E-state index in [1.165, 1.54) is 51.5 Å². The van der Waals surface area contributed by atoms with Crippen molar-refractivity contribution in [1.82, 2.24) is 10.6 Å². The highest BCUT2D eigenvalue weighted by atomic mass is 16.3. The van der Waals surface area contributed by atoms with E-state index in [9.17, 15) is 5.11 Å². The fraction of sp³-hybridized carbons (Fsp3) is 1.00. The van der Waals surface area contributed by atoms with Crippen LogP contribution in [0.25, 0.3) is 0 Å². The van der Waals surface area contributed by atoms with Crippen LogP contribution in [-0.2, 0) is 0 Å². The second-order valence-electron chi connectivity index (χ2n) is 6.73. The van der Waals surface area contributed by atoms with E-state index in [-0.39, 0.29) is 6.61 Å². The average Bonchev–Trinajstić information content (AvgIpc) is 2.47. The van der Waals surface area contributed by atoms with Gasteiger partial charge in [0.25, 0.3) is 0 Å². The Morgan fingerprint density at radius 3 is 2.53 bits per heavy atom. The number of aliphatic hydroxyl groups excluding tert-OH is 1. The molecule has 0 bridgehead atoms. The highest BCUT2D eigenvalue weighted by molar-refractivity contribution is 4.92. The molecule has 3 N–H and O–H groups in total. The van der Waals surface area contributed by atoms with Crippen LogP contribution in [0.3, 0.4) is 0 Å². The summed E-state index contributed by atoms with van der Waals surface area (Å²) in [5, 5.41) is 16.9. The summed E-state index contributed by atoms with van der Waals surface area (Å²) in [4.78, 5) is 0. The van der Waals surface area contributed by atoms with Gasteiger partial charge in [0.05, 0.1) is 0 Å². The standard InChI is InChI=1S/C16H32N2O/c1-12(11-19)13(2)18-16-9-4-3-7-14(16)15-8-5-6-10-17-15/h12-19H,3-11H2,1-2H3. The predicted molar refractivity (Wildman–Crippen MR) is 80.2 cm³/mol. The van der Waals surface area contributed by atoms with Gasteiger partial charge in [0.1, 0.15) is 0 Å². The van der Waals surface area contributed by atoms with E-state index in [1.54, 1.807) is 0 Å². The minimum atomic E-state index is 0.285. The number of piperidine rings is 1. The number of hydrogen-bond acceptors (Lipinski definition) is 3. The maximum absolute atomic E-state index is 9.30. The van der Waals surface area contributed by atoms with Crippen molar-refractivity contribution in [3.8, 4) is 0 Å². The van der Waals surface area contributed by atoms with Crippen molar-refractivity contribution in [1.29, 1.82) is 0 Å². The summed E-state index contributed by atoms with van der Waals surface area (Å²) < 4.78 is 0. The fourth-order valence-corrected chi connectivity index (χ4v) is 3.75. The van der Waals surface area contributed by atoms with E-state index in [2.05, 4.69) is 24.5 Å². The molecule has 2 aliphatic rings. The minimum absolute atomic E-state index is 0.285. The molecule has 0 aromatic heterocycles. The molecule has 2 fully saturated rings. The SMILES string of the molecule is CC(CO)C(C)NC1CCCCC1C1CCCCN1. The Morgan fingerprint density at radius 2 is 1.84 bits per heavy atom. The third kappa shape index (κ3) is 4.17. The second-order valence-corrected chi connectivity index (χ2v) is 6.73. The molecule has 1 aliphatic heterocycles. The van der Waals surface area contributed by atoms with E-state index < -0.39 is 0 Å². The monoisotopic (exact) mass is 268 g/mol. The molecule has 2 rings (SSSR count). The van der Waals surface area contributed by atoms with Crippen molar-refractivity contribution in [2.45, 2.75) is 76.9 Å². The lowest BCUT2D eigenvalue weighted by Gasteiger charge is -2.41. The van der Waals surface area contributed by atoms with Crippen molar-refractivity contribution < 1.29 is 5.11 Å². The van der Waals surface area contributed by atoms with E-state index in [4.69, 9.17) is 0 Å². The average molecular weight is 268 g/mol. The van der Waals surface area contributed by atoms with Gasteiger partial charge in [0.2, 0.25) is 0 Å². The van der Waals surface area contributed by atoms with Gasteiger partial charge in [-0.1, -0.05) is 26.2 Å². The molecule has 1 heterocycles. The van der Waals surface area contributed by atoms with Crippen molar-refractivity contribution in [2.75, 3.05) is 13.2 Å². The van der Waals surface area contributed by atoms with Crippen molar-refractivity contribution in [3.05, 3.63) is 0 Å². The third-order valence-electron chi connectivity index (χ3n) is 5.30. The minimum Gasteiger partial charge on any atom is -0.396 e. The van der Waals surface area contributed by atoms with Gasteiger partial charge in [-0.2, -0.15) is 0 Å². The Balaban J connectivity index is 1.91. The smallest absolute Gasteiger partial charge is 0.0471 e. The summed E-state index contributed by atoms with van der Waals surface area (Å²) >= 11 is 0. The zero-order chi connectivity index (χ0) is 13.7. The van der Waals surface area contributed by atoms with Crippen LogP contribution in [0.4, 0.5) is 0 Å². The largest absolute Gasteiger partial charge is 0.396 e. The van der Waals surface area contributed by atoms with Crippen LogP contribution in [0, 0.1) is 11.8 Å². The number of hydrogen-bond donors (Lipinski definition) is 3. The first-order chi connectivity index (χ1) is 9.22. The summed E-state index contributed by atoms with van der Waals surface area (Å²) in [6, 6.07) is 1.79. The molecular formula is C16H32N2O. The lowest BCUT2D eigenvalue weighted by atomic mass is 9.77. The van der Waals surface area contributed by atoms with Gasteiger partial charge in [-0.05, 0) is 51.0 Å². The lowest BCUT2D eigenvalue weighted by molar-refractivity contribution is 0.147. The molecule has 1 saturated carbocycles. The molecular weight excluding hydrogens is 236 g/mol. The molecule has 3 nitrogen and oxygen atoms in total. The molecule has 0 aromatic carbocycles. The topological polar surface area (TPSA) is 44.3 Å². The summed E-state index contributed by atoms with van der Waals surface area (Å²) in [6.07, 6.45) is 9.53. The number of nitrogens with one attached hydrogen (secondary N) is 2. The van der Waals surface area contributed by atoms with Crippen LogP contribution in [0.15, 0.2) is 0 Å². The van der Waals surface area contributed by atoms with Crippen molar-refractivity contribution in [2.24, 2.45) is 11.8 Å². The number of rotatable bonds is 5. The van der Waals surface area contributed by atoms with Crippen LogP contribution < -0.4 is 10.6 Å². The van der Waals surface area contributed by atoms with Crippen LogP contribution in [0.5, 0.6) is 0 Å². The molecule has 1 aliphatic carbocycles. The molecule has 19 heavy (non-hydrogen) atoms. The molecule has 0 radical (unpaired) electrons. The van der Waals surface area contributed by atoms with Gasteiger partial charge in [-0.3, -0.25) is 0 Å². The van der Waals surface area contributed by atoms with Gasteiger partial charge in [-0.25, -0.2) is 0 Å². The van der Waals surface area contributed by atoms with Crippen LogP contribution >= 0.6 is 0 Å². The highest BCUT2D eigenvalue weighted by Crippen LogP contribution is 2.31. The van der Waals surface area contributed by atoms with Crippen LogP contribution in [0.2, 0.25) is 0 Å². The van der Waals surface area contributed by atoms with Crippen LogP contribution in [-0.4, -0.2) is 36.4 Å². The summed E-state index contributed by atoms with van der Waals surface area (Å²) in [5.41, 5.74) is 0. The first-order valence-electron chi connectivity index (χ1n) is 8.32. The zero-order valence-corrected chi connectivity index (χ0v) is 12.7. The Hall–Kier alpha value is -0.120. The molecule has 0 spiro atoms. The second kappa shape index (κ2) is 7.61. The molecule has 0 aromatic rings. The Bertz CT molecular complexity index is 253. The molecule has 1 saturated heterocycles. The van der Waals surface area contributed by atoms with E-state index >= 15 is 0 Å². The Morgan fingerprint density at radius 1 is 1.11 bits per heavy atom. The summed E-state index contributed by atoms with van der Waals surface area (Å²) in [7, 11) is 0. The first-order valence-corrected chi connectivity index (χ1v) is 8.32. The quantitative estimate of drug-likeness (QED) is 0.717. The lowest BCUT2D eigenvalue weighted by Crippen LogP contribution is -2.53. The summed E-state index contributed by atoms with van der Waals surface area (Å²) in [6.45, 7) is 5.85. The van der Waals surface area contributed by atoms with Crippen LogP contribution in [0.1, 0.15) is 58.8 Å². The van der Waals surface area contributed by atoms with Gasteiger partial charge in [-0.15, -0.1) is 0 Å². The van der Waals surface area contributed by atoms with Gasteiger partial charge < -0.3 is 15.7 Å². The van der Waals surface area contributed by atoms with E-state index in [1.807, 2.05) is 0 Å². The third-order valence-corrected chi connectivity index (χ3v) is 5.30. The van der Waals surface area contributed by atoms with Crippen molar-refractivity contribution >= 4 is 0 Å². The molecule has 3 heteroatoms. The zero-order valence-electron chi connectivity index (χ0n) is 12.7. The Kier molecular flexibility index (Phi) is 6.11. The molecule has 112 valence electrons. The summed E-state index contributed by atoms with van der Waals surface area (Å²) in [5.74, 6) is 1.14. The molecule has 5 atom stereocenters. The Labute approximate surface area is 118 Å². The first kappa shape index (κ1) is 15.3. The van der Waals surface area contributed by atoms with E-state index in [0.717, 1.165) is 12.0 Å². The van der Waals surface area contributed by atoms with Gasteiger partial charge >= 0.3 is 0 Å². The fourth-order valence-electron chi connectivity index (χ4n) is 3.75. The molecule has 0 amide bonds. The highest BCUT2D eigenvalue weighted by Gasteiger charge is 2.33.